The van der Waals surface area contributed by atoms with Gasteiger partial charge in [0.1, 0.15) is 24.7 Å². The lowest BCUT2D eigenvalue weighted by Gasteiger charge is -2.12. The zero-order valence-electron chi connectivity index (χ0n) is 17.6. The molecule has 3 aromatic rings. The minimum Gasteiger partial charge on any atom is -0.493 e. The second-order valence-electron chi connectivity index (χ2n) is 6.48. The maximum Gasteiger partial charge on any atom is 0.276 e. The fourth-order valence-electron chi connectivity index (χ4n) is 2.68. The van der Waals surface area contributed by atoms with Crippen LogP contribution in [0.15, 0.2) is 78.9 Å². The highest BCUT2D eigenvalue weighted by atomic mass is 16.5. The number of rotatable bonds is 10. The molecule has 0 spiro atoms. The van der Waals surface area contributed by atoms with Gasteiger partial charge in [-0.25, -0.2) is 0 Å². The van der Waals surface area contributed by atoms with E-state index in [0.29, 0.717) is 36.0 Å². The monoisotopic (exact) mass is 436 g/mol. The van der Waals surface area contributed by atoms with Gasteiger partial charge in [0, 0.05) is 5.56 Å². The SMILES string of the molecule is COc1ccccc1OCC(=O)NNC(=O)c1cccc(OCCOc2ccccc2)c1. The fraction of sp³-hybridized carbons (Fsp3) is 0.167. The first kappa shape index (κ1) is 22.5. The predicted molar refractivity (Wildman–Crippen MR) is 118 cm³/mol. The van der Waals surface area contributed by atoms with Gasteiger partial charge in [0.15, 0.2) is 18.1 Å². The molecule has 0 aliphatic rings. The third kappa shape index (κ3) is 6.94. The topological polar surface area (TPSA) is 95.1 Å². The Morgan fingerprint density at radius 3 is 2.12 bits per heavy atom. The van der Waals surface area contributed by atoms with E-state index in [1.165, 1.54) is 7.11 Å². The Morgan fingerprint density at radius 2 is 1.38 bits per heavy atom. The summed E-state index contributed by atoms with van der Waals surface area (Å²) in [7, 11) is 1.51. The molecule has 3 aromatic carbocycles. The third-order valence-corrected chi connectivity index (χ3v) is 4.20. The summed E-state index contributed by atoms with van der Waals surface area (Å²) in [5.41, 5.74) is 4.99. The molecule has 0 saturated carbocycles. The molecule has 0 aliphatic heterocycles. The zero-order valence-corrected chi connectivity index (χ0v) is 17.6. The molecule has 8 heteroatoms. The van der Waals surface area contributed by atoms with Crippen LogP contribution in [-0.2, 0) is 4.79 Å². The summed E-state index contributed by atoms with van der Waals surface area (Å²) in [6.07, 6.45) is 0. The van der Waals surface area contributed by atoms with E-state index >= 15 is 0 Å². The van der Waals surface area contributed by atoms with Crippen molar-refractivity contribution in [1.82, 2.24) is 10.9 Å². The maximum atomic E-state index is 12.3. The molecular formula is C24H24N2O6. The van der Waals surface area contributed by atoms with Crippen LogP contribution in [0.25, 0.3) is 0 Å². The van der Waals surface area contributed by atoms with E-state index in [0.717, 1.165) is 5.75 Å². The molecule has 0 aliphatic carbocycles. The normalized spacial score (nSPS) is 10.0. The number of hydrogen-bond acceptors (Lipinski definition) is 6. The van der Waals surface area contributed by atoms with Crippen LogP contribution < -0.4 is 29.8 Å². The van der Waals surface area contributed by atoms with Crippen molar-refractivity contribution in [2.45, 2.75) is 0 Å². The van der Waals surface area contributed by atoms with Crippen molar-refractivity contribution in [3.63, 3.8) is 0 Å². The van der Waals surface area contributed by atoms with E-state index in [-0.39, 0.29) is 6.61 Å². The van der Waals surface area contributed by atoms with Crippen LogP contribution in [0.4, 0.5) is 0 Å². The molecule has 0 heterocycles. The number of hydrogen-bond donors (Lipinski definition) is 2. The van der Waals surface area contributed by atoms with Crippen LogP contribution in [0.5, 0.6) is 23.0 Å². The van der Waals surface area contributed by atoms with Gasteiger partial charge in [-0.05, 0) is 42.5 Å². The summed E-state index contributed by atoms with van der Waals surface area (Å²) in [4.78, 5) is 24.3. The Labute approximate surface area is 186 Å². The van der Waals surface area contributed by atoms with E-state index in [1.807, 2.05) is 30.3 Å². The smallest absolute Gasteiger partial charge is 0.276 e. The molecule has 32 heavy (non-hydrogen) atoms. The van der Waals surface area contributed by atoms with Crippen molar-refractivity contribution in [1.29, 1.82) is 0 Å². The highest BCUT2D eigenvalue weighted by Gasteiger charge is 2.10. The van der Waals surface area contributed by atoms with Crippen molar-refractivity contribution in [3.8, 4) is 23.0 Å². The van der Waals surface area contributed by atoms with E-state index in [1.54, 1.807) is 48.5 Å². The number of carbonyl (C=O) groups is 2. The van der Waals surface area contributed by atoms with Gasteiger partial charge in [0.05, 0.1) is 7.11 Å². The quantitative estimate of drug-likeness (QED) is 0.375. The molecule has 0 saturated heterocycles. The first-order valence-corrected chi connectivity index (χ1v) is 9.91. The molecule has 2 amide bonds. The van der Waals surface area contributed by atoms with Crippen molar-refractivity contribution < 1.29 is 28.5 Å². The largest absolute Gasteiger partial charge is 0.493 e. The maximum absolute atomic E-state index is 12.3. The summed E-state index contributed by atoms with van der Waals surface area (Å²) in [6.45, 7) is 0.394. The van der Waals surface area contributed by atoms with E-state index in [2.05, 4.69) is 10.9 Å². The van der Waals surface area contributed by atoms with Crippen molar-refractivity contribution in [2.75, 3.05) is 26.9 Å². The summed E-state index contributed by atoms with van der Waals surface area (Å²) >= 11 is 0. The minimum absolute atomic E-state index is 0.286. The summed E-state index contributed by atoms with van der Waals surface area (Å²) < 4.78 is 21.8. The van der Waals surface area contributed by atoms with Gasteiger partial charge in [0.2, 0.25) is 0 Å². The fourth-order valence-corrected chi connectivity index (χ4v) is 2.68. The average Bonchev–Trinajstić information content (AvgIpc) is 2.85. The number of para-hydroxylation sites is 3. The molecule has 0 unspecified atom stereocenters. The number of nitrogens with one attached hydrogen (secondary N) is 2. The van der Waals surface area contributed by atoms with E-state index < -0.39 is 11.8 Å². The molecule has 0 atom stereocenters. The van der Waals surface area contributed by atoms with Gasteiger partial charge < -0.3 is 18.9 Å². The molecule has 0 radical (unpaired) electrons. The van der Waals surface area contributed by atoms with Gasteiger partial charge >= 0.3 is 0 Å². The Morgan fingerprint density at radius 1 is 0.719 bits per heavy atom. The van der Waals surface area contributed by atoms with Gasteiger partial charge in [-0.1, -0.05) is 36.4 Å². The van der Waals surface area contributed by atoms with Crippen LogP contribution in [0.1, 0.15) is 10.4 Å². The van der Waals surface area contributed by atoms with Crippen molar-refractivity contribution >= 4 is 11.8 Å². The summed E-state index contributed by atoms with van der Waals surface area (Å²) in [5.74, 6) is 1.21. The molecular weight excluding hydrogens is 412 g/mol. The average molecular weight is 436 g/mol. The van der Waals surface area contributed by atoms with Crippen LogP contribution in [0.3, 0.4) is 0 Å². The van der Waals surface area contributed by atoms with E-state index in [9.17, 15) is 9.59 Å². The van der Waals surface area contributed by atoms with Crippen molar-refractivity contribution in [3.05, 3.63) is 84.4 Å². The number of benzene rings is 3. The minimum atomic E-state index is -0.519. The lowest BCUT2D eigenvalue weighted by Crippen LogP contribution is -2.43. The molecule has 0 fully saturated rings. The Kier molecular flexibility index (Phi) is 8.33. The first-order chi connectivity index (χ1) is 15.7. The number of hydrazine groups is 1. The third-order valence-electron chi connectivity index (χ3n) is 4.20. The molecule has 0 aromatic heterocycles. The van der Waals surface area contributed by atoms with Gasteiger partial charge in [-0.3, -0.25) is 20.4 Å². The molecule has 166 valence electrons. The van der Waals surface area contributed by atoms with Crippen LogP contribution in [-0.4, -0.2) is 38.7 Å². The standard InChI is InChI=1S/C24H24N2O6/c1-29-21-12-5-6-13-22(21)32-17-23(27)25-26-24(28)18-8-7-11-20(16-18)31-15-14-30-19-9-3-2-4-10-19/h2-13,16H,14-15,17H2,1H3,(H,25,27)(H,26,28). The number of amides is 2. The highest BCUT2D eigenvalue weighted by Crippen LogP contribution is 2.25. The number of methoxy groups -OCH3 is 1. The Balaban J connectivity index is 1.41. The first-order valence-electron chi connectivity index (χ1n) is 9.91. The van der Waals surface area contributed by atoms with E-state index in [4.69, 9.17) is 18.9 Å². The second kappa shape index (κ2) is 11.8. The lowest BCUT2D eigenvalue weighted by molar-refractivity contribution is -0.123. The zero-order chi connectivity index (χ0) is 22.6. The number of carbonyl (C=O) groups excluding carboxylic acids is 2. The predicted octanol–water partition coefficient (Wildman–Crippen LogP) is 2.99. The molecule has 2 N–H and O–H groups in total. The Bertz CT molecular complexity index is 1030. The molecule has 0 bridgehead atoms. The van der Waals surface area contributed by atoms with Gasteiger partial charge in [0.25, 0.3) is 11.8 Å². The summed E-state index contributed by atoms with van der Waals surface area (Å²) in [6, 6.07) is 23.0. The highest BCUT2D eigenvalue weighted by molar-refractivity contribution is 5.95. The van der Waals surface area contributed by atoms with Crippen LogP contribution >= 0.6 is 0 Å². The number of ether oxygens (including phenoxy) is 4. The van der Waals surface area contributed by atoms with Crippen LogP contribution in [0, 0.1) is 0 Å². The lowest BCUT2D eigenvalue weighted by atomic mass is 10.2. The summed E-state index contributed by atoms with van der Waals surface area (Å²) in [5, 5.41) is 0. The Hall–Kier alpha value is -4.20. The van der Waals surface area contributed by atoms with Gasteiger partial charge in [-0.2, -0.15) is 0 Å². The second-order valence-corrected chi connectivity index (χ2v) is 6.48. The van der Waals surface area contributed by atoms with Crippen LogP contribution in [0.2, 0.25) is 0 Å². The molecule has 3 rings (SSSR count). The van der Waals surface area contributed by atoms with Crippen molar-refractivity contribution in [2.24, 2.45) is 0 Å². The van der Waals surface area contributed by atoms with Gasteiger partial charge in [-0.15, -0.1) is 0 Å². The molecule has 8 nitrogen and oxygen atoms in total.